The molecule has 20 heavy (non-hydrogen) atoms. The SMILES string of the molecule is NCc1cccc(-c2nc(-c3ccc(Cl)cn3)no2)c1. The van der Waals surface area contributed by atoms with Crippen LogP contribution in [0.3, 0.4) is 0 Å². The van der Waals surface area contributed by atoms with Gasteiger partial charge in [-0.25, -0.2) is 0 Å². The standard InChI is InChI=1S/C14H11ClN4O/c15-11-4-5-12(17-8-11)13-18-14(20-19-13)10-3-1-2-9(6-10)7-16/h1-6,8H,7,16H2. The molecule has 0 atom stereocenters. The van der Waals surface area contributed by atoms with Crippen molar-refractivity contribution in [3.05, 3.63) is 53.2 Å². The first kappa shape index (κ1) is 12.8. The number of benzene rings is 1. The van der Waals surface area contributed by atoms with Crippen LogP contribution in [0.5, 0.6) is 0 Å². The number of pyridine rings is 1. The van der Waals surface area contributed by atoms with Crippen LogP contribution in [0.1, 0.15) is 5.56 Å². The molecule has 0 aliphatic heterocycles. The van der Waals surface area contributed by atoms with Crippen molar-refractivity contribution in [2.45, 2.75) is 6.54 Å². The predicted molar refractivity (Wildman–Crippen MR) is 75.9 cm³/mol. The fraction of sp³-hybridized carbons (Fsp3) is 0.0714. The van der Waals surface area contributed by atoms with Crippen LogP contribution in [0.15, 0.2) is 47.1 Å². The van der Waals surface area contributed by atoms with Gasteiger partial charge in [0.25, 0.3) is 5.89 Å². The lowest BCUT2D eigenvalue weighted by Gasteiger charge is -1.98. The molecule has 0 spiro atoms. The van der Waals surface area contributed by atoms with E-state index in [1.165, 1.54) is 0 Å². The summed E-state index contributed by atoms with van der Waals surface area (Å²) in [5, 5.41) is 4.49. The van der Waals surface area contributed by atoms with Crippen molar-refractivity contribution in [2.24, 2.45) is 5.73 Å². The summed E-state index contributed by atoms with van der Waals surface area (Å²) in [4.78, 5) is 8.48. The Morgan fingerprint density at radius 2 is 2.10 bits per heavy atom. The largest absolute Gasteiger partial charge is 0.334 e. The van der Waals surface area contributed by atoms with Gasteiger partial charge in [0.15, 0.2) is 0 Å². The van der Waals surface area contributed by atoms with Gasteiger partial charge in [-0.15, -0.1) is 0 Å². The third-order valence-electron chi connectivity index (χ3n) is 2.79. The van der Waals surface area contributed by atoms with E-state index in [0.29, 0.717) is 29.0 Å². The highest BCUT2D eigenvalue weighted by atomic mass is 35.5. The normalized spacial score (nSPS) is 10.7. The van der Waals surface area contributed by atoms with E-state index in [0.717, 1.165) is 11.1 Å². The van der Waals surface area contributed by atoms with E-state index in [4.69, 9.17) is 21.9 Å². The Morgan fingerprint density at radius 1 is 1.20 bits per heavy atom. The van der Waals surface area contributed by atoms with Crippen molar-refractivity contribution < 1.29 is 4.52 Å². The maximum absolute atomic E-state index is 5.80. The summed E-state index contributed by atoms with van der Waals surface area (Å²) in [5.41, 5.74) is 8.07. The van der Waals surface area contributed by atoms with E-state index in [1.54, 1.807) is 18.3 Å². The number of aromatic nitrogens is 3. The molecule has 3 aromatic rings. The summed E-state index contributed by atoms with van der Waals surface area (Å²) in [6.45, 7) is 0.466. The van der Waals surface area contributed by atoms with E-state index in [-0.39, 0.29) is 0 Å². The maximum Gasteiger partial charge on any atom is 0.258 e. The fourth-order valence-electron chi connectivity index (χ4n) is 1.78. The molecule has 3 rings (SSSR count). The van der Waals surface area contributed by atoms with Gasteiger partial charge in [-0.1, -0.05) is 28.9 Å². The molecule has 5 nitrogen and oxygen atoms in total. The molecular weight excluding hydrogens is 276 g/mol. The Bertz CT molecular complexity index is 724. The van der Waals surface area contributed by atoms with E-state index < -0.39 is 0 Å². The summed E-state index contributed by atoms with van der Waals surface area (Å²) in [5.74, 6) is 0.863. The smallest absolute Gasteiger partial charge is 0.258 e. The van der Waals surface area contributed by atoms with Crippen LogP contribution in [-0.4, -0.2) is 15.1 Å². The van der Waals surface area contributed by atoms with Gasteiger partial charge in [0, 0.05) is 18.3 Å². The minimum absolute atomic E-state index is 0.426. The van der Waals surface area contributed by atoms with Crippen LogP contribution in [0.2, 0.25) is 5.02 Å². The molecule has 0 unspecified atom stereocenters. The zero-order valence-corrected chi connectivity index (χ0v) is 11.2. The molecule has 0 aliphatic rings. The topological polar surface area (TPSA) is 77.8 Å². The van der Waals surface area contributed by atoms with Gasteiger partial charge in [0.2, 0.25) is 5.82 Å². The molecule has 6 heteroatoms. The Hall–Kier alpha value is -2.24. The quantitative estimate of drug-likeness (QED) is 0.801. The van der Waals surface area contributed by atoms with Crippen molar-refractivity contribution in [3.63, 3.8) is 0 Å². The highest BCUT2D eigenvalue weighted by molar-refractivity contribution is 6.30. The third kappa shape index (κ3) is 2.54. The first-order valence-corrected chi connectivity index (χ1v) is 6.39. The molecule has 1 aromatic carbocycles. The Balaban J connectivity index is 1.95. The average molecular weight is 287 g/mol. The van der Waals surface area contributed by atoms with Crippen molar-refractivity contribution in [1.29, 1.82) is 0 Å². The van der Waals surface area contributed by atoms with Gasteiger partial charge < -0.3 is 10.3 Å². The van der Waals surface area contributed by atoms with Gasteiger partial charge in [-0.3, -0.25) is 4.98 Å². The van der Waals surface area contributed by atoms with Crippen molar-refractivity contribution in [1.82, 2.24) is 15.1 Å². The van der Waals surface area contributed by atoms with Crippen LogP contribution in [-0.2, 0) is 6.54 Å². The van der Waals surface area contributed by atoms with E-state index >= 15 is 0 Å². The molecule has 0 bridgehead atoms. The first-order chi connectivity index (χ1) is 9.76. The van der Waals surface area contributed by atoms with Gasteiger partial charge in [-0.2, -0.15) is 4.98 Å². The highest BCUT2D eigenvalue weighted by Crippen LogP contribution is 2.22. The zero-order chi connectivity index (χ0) is 13.9. The van der Waals surface area contributed by atoms with Gasteiger partial charge in [0.05, 0.1) is 5.02 Å². The molecule has 2 N–H and O–H groups in total. The third-order valence-corrected chi connectivity index (χ3v) is 3.02. The van der Waals surface area contributed by atoms with E-state index in [2.05, 4.69) is 15.1 Å². The summed E-state index contributed by atoms with van der Waals surface area (Å²) < 4.78 is 5.26. The molecule has 0 radical (unpaired) electrons. The van der Waals surface area contributed by atoms with Crippen LogP contribution in [0.4, 0.5) is 0 Å². The summed E-state index contributed by atoms with van der Waals surface area (Å²) in [7, 11) is 0. The molecular formula is C14H11ClN4O. The summed E-state index contributed by atoms with van der Waals surface area (Å²) in [6.07, 6.45) is 1.54. The highest BCUT2D eigenvalue weighted by Gasteiger charge is 2.11. The van der Waals surface area contributed by atoms with E-state index in [1.807, 2.05) is 24.3 Å². The predicted octanol–water partition coefficient (Wildman–Crippen LogP) is 2.91. The Labute approximate surface area is 120 Å². The maximum atomic E-state index is 5.80. The van der Waals surface area contributed by atoms with Crippen molar-refractivity contribution in [2.75, 3.05) is 0 Å². The average Bonchev–Trinajstić information content (AvgIpc) is 2.98. The van der Waals surface area contributed by atoms with E-state index in [9.17, 15) is 0 Å². The minimum Gasteiger partial charge on any atom is -0.334 e. The summed E-state index contributed by atoms with van der Waals surface area (Å²) >= 11 is 5.80. The van der Waals surface area contributed by atoms with Crippen LogP contribution < -0.4 is 5.73 Å². The Morgan fingerprint density at radius 3 is 2.85 bits per heavy atom. The van der Waals surface area contributed by atoms with Gasteiger partial charge in [-0.05, 0) is 29.8 Å². The van der Waals surface area contributed by atoms with Crippen LogP contribution in [0, 0.1) is 0 Å². The molecule has 2 aromatic heterocycles. The number of nitrogens with two attached hydrogens (primary N) is 1. The number of halogens is 1. The molecule has 0 saturated carbocycles. The molecule has 0 fully saturated rings. The first-order valence-electron chi connectivity index (χ1n) is 6.01. The second-order valence-corrected chi connectivity index (χ2v) is 4.63. The second kappa shape index (κ2) is 5.40. The molecule has 100 valence electrons. The number of rotatable bonds is 3. The zero-order valence-electron chi connectivity index (χ0n) is 10.5. The molecule has 2 heterocycles. The minimum atomic E-state index is 0.426. The van der Waals surface area contributed by atoms with Gasteiger partial charge >= 0.3 is 0 Å². The second-order valence-electron chi connectivity index (χ2n) is 4.19. The number of hydrogen-bond donors (Lipinski definition) is 1. The number of hydrogen-bond acceptors (Lipinski definition) is 5. The fourth-order valence-corrected chi connectivity index (χ4v) is 1.90. The lowest BCUT2D eigenvalue weighted by atomic mass is 10.1. The molecule has 0 amide bonds. The molecule has 0 aliphatic carbocycles. The summed E-state index contributed by atoms with van der Waals surface area (Å²) in [6, 6.07) is 11.1. The van der Waals surface area contributed by atoms with Crippen LogP contribution in [0.25, 0.3) is 23.0 Å². The molecule has 0 saturated heterocycles. The Kier molecular flexibility index (Phi) is 3.45. The van der Waals surface area contributed by atoms with Crippen molar-refractivity contribution in [3.8, 4) is 23.0 Å². The number of nitrogens with zero attached hydrogens (tertiary/aromatic N) is 3. The monoisotopic (exact) mass is 286 g/mol. The lowest BCUT2D eigenvalue weighted by molar-refractivity contribution is 0.432. The van der Waals surface area contributed by atoms with Crippen LogP contribution >= 0.6 is 11.6 Å². The van der Waals surface area contributed by atoms with Gasteiger partial charge in [0.1, 0.15) is 5.69 Å². The van der Waals surface area contributed by atoms with Crippen molar-refractivity contribution >= 4 is 11.6 Å². The lowest BCUT2D eigenvalue weighted by Crippen LogP contribution is -1.95.